The number of ether oxygens (including phenoxy) is 1. The summed E-state index contributed by atoms with van der Waals surface area (Å²) in [5.41, 5.74) is 6.95. The van der Waals surface area contributed by atoms with Gasteiger partial charge in [-0.05, 0) is 24.6 Å². The Balaban J connectivity index is 2.74. The lowest BCUT2D eigenvalue weighted by molar-refractivity contribution is 0.133. The molecule has 2 nitrogen and oxygen atoms in total. The number of nitrogens with two attached hydrogens (primary N) is 1. The zero-order chi connectivity index (χ0) is 10.6. The molecule has 0 aliphatic rings. The van der Waals surface area contributed by atoms with E-state index < -0.39 is 0 Å². The number of hydrogen-bond acceptors (Lipinski definition) is 2. The second-order valence-corrected chi connectivity index (χ2v) is 4.22. The monoisotopic (exact) mass is 277 g/mol. The van der Waals surface area contributed by atoms with E-state index in [1.807, 2.05) is 25.1 Å². The molecular formula is C10H13BrClNO. The average molecular weight is 279 g/mol. The van der Waals surface area contributed by atoms with E-state index in [2.05, 4.69) is 15.9 Å². The first kappa shape index (κ1) is 12.0. The summed E-state index contributed by atoms with van der Waals surface area (Å²) in [6.45, 7) is 3.15. The predicted octanol–water partition coefficient (Wildman–Crippen LogP) is 3.14. The van der Waals surface area contributed by atoms with Crippen LogP contribution in [0.1, 0.15) is 18.5 Å². The molecule has 78 valence electrons. The third-order valence-electron chi connectivity index (χ3n) is 1.86. The van der Waals surface area contributed by atoms with Crippen LogP contribution in [0.25, 0.3) is 0 Å². The van der Waals surface area contributed by atoms with E-state index >= 15 is 0 Å². The van der Waals surface area contributed by atoms with E-state index in [9.17, 15) is 0 Å². The van der Waals surface area contributed by atoms with Crippen LogP contribution in [0, 0.1) is 0 Å². The molecule has 0 aliphatic heterocycles. The fraction of sp³-hybridized carbons (Fsp3) is 0.400. The minimum Gasteiger partial charge on any atom is -0.380 e. The summed E-state index contributed by atoms with van der Waals surface area (Å²) >= 11 is 9.24. The lowest BCUT2D eigenvalue weighted by Crippen LogP contribution is -2.17. The summed E-state index contributed by atoms with van der Waals surface area (Å²) in [4.78, 5) is 0. The van der Waals surface area contributed by atoms with Gasteiger partial charge in [0, 0.05) is 16.1 Å². The molecule has 0 amide bonds. The topological polar surface area (TPSA) is 35.2 Å². The van der Waals surface area contributed by atoms with Gasteiger partial charge < -0.3 is 10.5 Å². The Kier molecular flexibility index (Phi) is 4.89. The van der Waals surface area contributed by atoms with Gasteiger partial charge >= 0.3 is 0 Å². The van der Waals surface area contributed by atoms with Crippen LogP contribution in [0.3, 0.4) is 0 Å². The highest BCUT2D eigenvalue weighted by Crippen LogP contribution is 2.25. The van der Waals surface area contributed by atoms with Crippen molar-refractivity contribution in [1.82, 2.24) is 0 Å². The molecule has 1 aromatic carbocycles. The number of hydrogen-bond donors (Lipinski definition) is 1. The van der Waals surface area contributed by atoms with E-state index in [0.29, 0.717) is 18.2 Å². The first-order chi connectivity index (χ1) is 6.65. The molecule has 0 radical (unpaired) electrons. The molecule has 0 bridgehead atoms. The Bertz CT molecular complexity index is 306. The summed E-state index contributed by atoms with van der Waals surface area (Å²) in [6.07, 6.45) is 0. The Hall–Kier alpha value is -0.0900. The molecule has 1 unspecified atom stereocenters. The zero-order valence-electron chi connectivity index (χ0n) is 7.97. The fourth-order valence-electron chi connectivity index (χ4n) is 1.14. The molecule has 1 atom stereocenters. The van der Waals surface area contributed by atoms with Gasteiger partial charge in [-0.2, -0.15) is 0 Å². The SMILES string of the molecule is CCOCC(N)c1ccc(Cl)cc1Br. The minimum atomic E-state index is -0.110. The second-order valence-electron chi connectivity index (χ2n) is 2.93. The van der Waals surface area contributed by atoms with Crippen molar-refractivity contribution >= 4 is 27.5 Å². The molecule has 0 saturated carbocycles. The molecule has 1 aromatic rings. The maximum Gasteiger partial charge on any atom is 0.0659 e. The van der Waals surface area contributed by atoms with Crippen molar-refractivity contribution in [1.29, 1.82) is 0 Å². The molecule has 4 heteroatoms. The van der Waals surface area contributed by atoms with Gasteiger partial charge in [0.2, 0.25) is 0 Å². The van der Waals surface area contributed by atoms with E-state index in [1.165, 1.54) is 0 Å². The quantitative estimate of drug-likeness (QED) is 0.918. The van der Waals surface area contributed by atoms with Crippen LogP contribution in [-0.2, 0) is 4.74 Å². The van der Waals surface area contributed by atoms with Crippen LogP contribution in [0.2, 0.25) is 5.02 Å². The summed E-state index contributed by atoms with van der Waals surface area (Å²) in [5, 5.41) is 0.698. The summed E-state index contributed by atoms with van der Waals surface area (Å²) in [6, 6.07) is 5.47. The van der Waals surface area contributed by atoms with Gasteiger partial charge in [-0.25, -0.2) is 0 Å². The molecule has 0 spiro atoms. The van der Waals surface area contributed by atoms with Crippen LogP contribution in [0.4, 0.5) is 0 Å². The van der Waals surface area contributed by atoms with Gasteiger partial charge in [-0.15, -0.1) is 0 Å². The first-order valence-corrected chi connectivity index (χ1v) is 5.60. The highest BCUT2D eigenvalue weighted by Gasteiger charge is 2.09. The molecule has 2 N–H and O–H groups in total. The van der Waals surface area contributed by atoms with Gasteiger partial charge in [0.1, 0.15) is 0 Å². The largest absolute Gasteiger partial charge is 0.380 e. The van der Waals surface area contributed by atoms with Gasteiger partial charge in [0.15, 0.2) is 0 Å². The zero-order valence-corrected chi connectivity index (χ0v) is 10.3. The normalized spacial score (nSPS) is 12.9. The Morgan fingerprint density at radius 3 is 2.86 bits per heavy atom. The number of benzene rings is 1. The van der Waals surface area contributed by atoms with Crippen molar-refractivity contribution in [2.24, 2.45) is 5.73 Å². The van der Waals surface area contributed by atoms with Crippen molar-refractivity contribution in [3.05, 3.63) is 33.3 Å². The van der Waals surface area contributed by atoms with E-state index in [0.717, 1.165) is 10.0 Å². The number of halogens is 2. The van der Waals surface area contributed by atoms with E-state index in [-0.39, 0.29) is 6.04 Å². The van der Waals surface area contributed by atoms with Gasteiger partial charge in [-0.3, -0.25) is 0 Å². The Morgan fingerprint density at radius 1 is 1.57 bits per heavy atom. The van der Waals surface area contributed by atoms with E-state index in [1.54, 1.807) is 0 Å². The maximum atomic E-state index is 5.93. The highest BCUT2D eigenvalue weighted by atomic mass is 79.9. The van der Waals surface area contributed by atoms with Crippen molar-refractivity contribution in [2.45, 2.75) is 13.0 Å². The predicted molar refractivity (Wildman–Crippen MR) is 62.6 cm³/mol. The van der Waals surface area contributed by atoms with Crippen LogP contribution in [-0.4, -0.2) is 13.2 Å². The van der Waals surface area contributed by atoms with Crippen LogP contribution in [0.15, 0.2) is 22.7 Å². The number of rotatable bonds is 4. The van der Waals surface area contributed by atoms with Crippen LogP contribution < -0.4 is 5.73 Å². The second kappa shape index (κ2) is 5.71. The molecule has 0 aromatic heterocycles. The molecular weight excluding hydrogens is 265 g/mol. The van der Waals surface area contributed by atoms with Crippen LogP contribution >= 0.6 is 27.5 Å². The third kappa shape index (κ3) is 3.24. The van der Waals surface area contributed by atoms with Gasteiger partial charge in [-0.1, -0.05) is 33.6 Å². The van der Waals surface area contributed by atoms with Crippen molar-refractivity contribution in [3.63, 3.8) is 0 Å². The average Bonchev–Trinajstić information content (AvgIpc) is 2.14. The van der Waals surface area contributed by atoms with E-state index in [4.69, 9.17) is 22.1 Å². The Morgan fingerprint density at radius 2 is 2.29 bits per heavy atom. The molecule has 1 rings (SSSR count). The maximum absolute atomic E-state index is 5.93. The lowest BCUT2D eigenvalue weighted by Gasteiger charge is -2.13. The van der Waals surface area contributed by atoms with Crippen molar-refractivity contribution < 1.29 is 4.74 Å². The van der Waals surface area contributed by atoms with Crippen molar-refractivity contribution in [3.8, 4) is 0 Å². The summed E-state index contributed by atoms with van der Waals surface area (Å²) in [5.74, 6) is 0. The lowest BCUT2D eigenvalue weighted by atomic mass is 10.1. The van der Waals surface area contributed by atoms with Gasteiger partial charge in [0.25, 0.3) is 0 Å². The molecule has 0 fully saturated rings. The third-order valence-corrected chi connectivity index (χ3v) is 2.79. The minimum absolute atomic E-state index is 0.110. The molecule has 0 saturated heterocycles. The molecule has 0 heterocycles. The highest BCUT2D eigenvalue weighted by molar-refractivity contribution is 9.10. The summed E-state index contributed by atoms with van der Waals surface area (Å²) in [7, 11) is 0. The molecule has 14 heavy (non-hydrogen) atoms. The fourth-order valence-corrected chi connectivity index (χ4v) is 2.11. The smallest absolute Gasteiger partial charge is 0.0659 e. The van der Waals surface area contributed by atoms with Gasteiger partial charge in [0.05, 0.1) is 12.6 Å². The molecule has 0 aliphatic carbocycles. The first-order valence-electron chi connectivity index (χ1n) is 4.43. The van der Waals surface area contributed by atoms with Crippen LogP contribution in [0.5, 0.6) is 0 Å². The summed E-state index contributed by atoms with van der Waals surface area (Å²) < 4.78 is 6.18. The standard InChI is InChI=1S/C10H13BrClNO/c1-2-14-6-10(13)8-4-3-7(12)5-9(8)11/h3-5,10H,2,6,13H2,1H3. The Labute approximate surface area is 97.5 Å². The van der Waals surface area contributed by atoms with Crippen molar-refractivity contribution in [2.75, 3.05) is 13.2 Å².